The van der Waals surface area contributed by atoms with Gasteiger partial charge in [0.05, 0.1) is 4.90 Å². The lowest BCUT2D eigenvalue weighted by Gasteiger charge is -2.24. The summed E-state index contributed by atoms with van der Waals surface area (Å²) in [4.78, 5) is 0.196. The van der Waals surface area contributed by atoms with Crippen molar-refractivity contribution in [3.63, 3.8) is 0 Å². The lowest BCUT2D eigenvalue weighted by atomic mass is 10.0. The zero-order valence-electron chi connectivity index (χ0n) is 9.62. The van der Waals surface area contributed by atoms with E-state index in [1.54, 1.807) is 12.1 Å². The van der Waals surface area contributed by atoms with E-state index in [1.165, 1.54) is 12.1 Å². The van der Waals surface area contributed by atoms with Gasteiger partial charge in [0.2, 0.25) is 10.0 Å². The summed E-state index contributed by atoms with van der Waals surface area (Å²) < 4.78 is 26.6. The number of rotatable bonds is 4. The minimum atomic E-state index is -3.49. The molecule has 0 aliphatic heterocycles. The molecule has 0 heterocycles. The van der Waals surface area contributed by atoms with Gasteiger partial charge in [-0.05, 0) is 38.5 Å². The van der Waals surface area contributed by atoms with Gasteiger partial charge in [0, 0.05) is 10.6 Å². The van der Waals surface area contributed by atoms with E-state index < -0.39 is 15.6 Å². The van der Waals surface area contributed by atoms with Crippen molar-refractivity contribution in [1.29, 1.82) is 0 Å². The lowest BCUT2D eigenvalue weighted by molar-refractivity contribution is 0.439. The zero-order chi connectivity index (χ0) is 12.4. The van der Waals surface area contributed by atoms with Crippen LogP contribution in [0.25, 0.3) is 0 Å². The largest absolute Gasteiger partial charge is 0.241 e. The van der Waals surface area contributed by atoms with E-state index >= 15 is 0 Å². The van der Waals surface area contributed by atoms with Gasteiger partial charge in [-0.3, -0.25) is 0 Å². The average Bonchev–Trinajstić information content (AvgIpc) is 2.16. The third-order valence-corrected chi connectivity index (χ3v) is 4.33. The van der Waals surface area contributed by atoms with Crippen molar-refractivity contribution in [1.82, 2.24) is 4.72 Å². The Hall–Kier alpha value is -0.580. The minimum Gasteiger partial charge on any atom is -0.207 e. The van der Waals surface area contributed by atoms with Crippen molar-refractivity contribution in [2.75, 3.05) is 0 Å². The number of hydrogen-bond acceptors (Lipinski definition) is 2. The molecular weight excluding hydrogens is 246 g/mol. The van der Waals surface area contributed by atoms with Gasteiger partial charge in [0.1, 0.15) is 0 Å². The van der Waals surface area contributed by atoms with Crippen LogP contribution < -0.4 is 4.72 Å². The molecule has 0 unspecified atom stereocenters. The summed E-state index contributed by atoms with van der Waals surface area (Å²) in [5.74, 6) is 0. The van der Waals surface area contributed by atoms with Crippen molar-refractivity contribution in [3.8, 4) is 0 Å². The third kappa shape index (κ3) is 3.47. The Kier molecular flexibility index (Phi) is 3.99. The highest BCUT2D eigenvalue weighted by atomic mass is 35.5. The first-order valence-corrected chi connectivity index (χ1v) is 6.92. The number of sulfonamides is 1. The summed E-state index contributed by atoms with van der Waals surface area (Å²) in [6.45, 7) is 5.62. The Morgan fingerprint density at radius 2 is 2.00 bits per heavy atom. The molecule has 0 amide bonds. The van der Waals surface area contributed by atoms with Crippen molar-refractivity contribution < 1.29 is 8.42 Å². The maximum absolute atomic E-state index is 12.0. The number of hydrogen-bond donors (Lipinski definition) is 1. The van der Waals surface area contributed by atoms with Crippen molar-refractivity contribution >= 4 is 21.6 Å². The van der Waals surface area contributed by atoms with Crippen LogP contribution in [0.15, 0.2) is 29.2 Å². The van der Waals surface area contributed by atoms with Crippen molar-refractivity contribution in [2.24, 2.45) is 0 Å². The molecule has 0 spiro atoms. The number of nitrogens with one attached hydrogen (secondary N) is 1. The van der Waals surface area contributed by atoms with Crippen LogP contribution >= 0.6 is 11.6 Å². The predicted molar refractivity (Wildman–Crippen MR) is 66.1 cm³/mol. The van der Waals surface area contributed by atoms with Gasteiger partial charge in [-0.25, -0.2) is 13.1 Å². The summed E-state index contributed by atoms with van der Waals surface area (Å²) in [6.07, 6.45) is 0.715. The molecular formula is C11H16ClNO2S. The molecule has 0 radical (unpaired) electrons. The molecule has 0 fully saturated rings. The molecule has 16 heavy (non-hydrogen) atoms. The van der Waals surface area contributed by atoms with E-state index in [1.807, 2.05) is 20.8 Å². The molecule has 0 aliphatic rings. The summed E-state index contributed by atoms with van der Waals surface area (Å²) in [6, 6.07) is 6.23. The molecule has 90 valence electrons. The fourth-order valence-corrected chi connectivity index (χ4v) is 2.91. The summed E-state index contributed by atoms with van der Waals surface area (Å²) in [5, 5.41) is 0.414. The molecule has 0 aliphatic carbocycles. The zero-order valence-corrected chi connectivity index (χ0v) is 11.2. The molecule has 0 saturated carbocycles. The first kappa shape index (κ1) is 13.5. The van der Waals surface area contributed by atoms with Gasteiger partial charge in [0.15, 0.2) is 0 Å². The second-order valence-corrected chi connectivity index (χ2v) is 6.42. The standard InChI is InChI=1S/C11H16ClNO2S/c1-4-11(2,3)13-16(14,15)10-7-5-6-9(12)8-10/h5-8,13H,4H2,1-3H3. The van der Waals surface area contributed by atoms with Crippen LogP contribution in [-0.2, 0) is 10.0 Å². The molecule has 0 aromatic heterocycles. The molecule has 0 saturated heterocycles. The monoisotopic (exact) mass is 261 g/mol. The van der Waals surface area contributed by atoms with E-state index in [9.17, 15) is 8.42 Å². The van der Waals surface area contributed by atoms with Crippen LogP contribution in [0.1, 0.15) is 27.2 Å². The van der Waals surface area contributed by atoms with E-state index in [0.717, 1.165) is 0 Å². The van der Waals surface area contributed by atoms with E-state index in [2.05, 4.69) is 4.72 Å². The van der Waals surface area contributed by atoms with E-state index in [0.29, 0.717) is 11.4 Å². The molecule has 3 nitrogen and oxygen atoms in total. The molecule has 1 N–H and O–H groups in total. The number of benzene rings is 1. The van der Waals surface area contributed by atoms with Crippen molar-refractivity contribution in [3.05, 3.63) is 29.3 Å². The van der Waals surface area contributed by atoms with Gasteiger partial charge in [-0.1, -0.05) is 24.6 Å². The Bertz CT molecular complexity index is 469. The maximum Gasteiger partial charge on any atom is 0.241 e. The Balaban J connectivity index is 3.04. The Morgan fingerprint density at radius 3 is 2.50 bits per heavy atom. The van der Waals surface area contributed by atoms with E-state index in [-0.39, 0.29) is 4.90 Å². The molecule has 1 rings (SSSR count). The molecule has 0 atom stereocenters. The fourth-order valence-electron chi connectivity index (χ4n) is 1.13. The van der Waals surface area contributed by atoms with E-state index in [4.69, 9.17) is 11.6 Å². The quantitative estimate of drug-likeness (QED) is 0.906. The maximum atomic E-state index is 12.0. The van der Waals surface area contributed by atoms with Crippen LogP contribution in [0.2, 0.25) is 5.02 Å². The van der Waals surface area contributed by atoms with Gasteiger partial charge in [0.25, 0.3) is 0 Å². The smallest absolute Gasteiger partial charge is 0.207 e. The second-order valence-electron chi connectivity index (χ2n) is 4.30. The van der Waals surface area contributed by atoms with Crippen LogP contribution in [0.5, 0.6) is 0 Å². The normalized spacial score (nSPS) is 12.8. The average molecular weight is 262 g/mol. The van der Waals surface area contributed by atoms with Gasteiger partial charge in [-0.2, -0.15) is 0 Å². The SMILES string of the molecule is CCC(C)(C)NS(=O)(=O)c1cccc(Cl)c1. The highest BCUT2D eigenvalue weighted by Crippen LogP contribution is 2.18. The summed E-state index contributed by atoms with van der Waals surface area (Å²) in [5.41, 5.74) is -0.457. The van der Waals surface area contributed by atoms with Crippen LogP contribution in [-0.4, -0.2) is 14.0 Å². The lowest BCUT2D eigenvalue weighted by Crippen LogP contribution is -2.42. The Labute approximate surface area is 102 Å². The minimum absolute atomic E-state index is 0.196. The van der Waals surface area contributed by atoms with Gasteiger partial charge < -0.3 is 0 Å². The second kappa shape index (κ2) is 4.73. The first-order valence-electron chi connectivity index (χ1n) is 5.06. The molecule has 5 heteroatoms. The van der Waals surface area contributed by atoms with Crippen LogP contribution in [0.4, 0.5) is 0 Å². The fraction of sp³-hybridized carbons (Fsp3) is 0.455. The third-order valence-electron chi connectivity index (χ3n) is 2.40. The van der Waals surface area contributed by atoms with Gasteiger partial charge >= 0.3 is 0 Å². The molecule has 1 aromatic carbocycles. The first-order chi connectivity index (χ1) is 7.27. The predicted octanol–water partition coefficient (Wildman–Crippen LogP) is 2.81. The molecule has 1 aromatic rings. The van der Waals surface area contributed by atoms with Crippen molar-refractivity contribution in [2.45, 2.75) is 37.6 Å². The summed E-state index contributed by atoms with van der Waals surface area (Å²) in [7, 11) is -3.49. The summed E-state index contributed by atoms with van der Waals surface area (Å²) >= 11 is 5.76. The number of halogens is 1. The topological polar surface area (TPSA) is 46.2 Å². The molecule has 0 bridgehead atoms. The van der Waals surface area contributed by atoms with Crippen LogP contribution in [0.3, 0.4) is 0 Å². The highest BCUT2D eigenvalue weighted by Gasteiger charge is 2.24. The van der Waals surface area contributed by atoms with Gasteiger partial charge in [-0.15, -0.1) is 0 Å². The highest BCUT2D eigenvalue weighted by molar-refractivity contribution is 7.89. The Morgan fingerprint density at radius 1 is 1.38 bits per heavy atom. The van der Waals surface area contributed by atoms with Crippen LogP contribution in [0, 0.1) is 0 Å².